The van der Waals surface area contributed by atoms with Crippen molar-refractivity contribution in [3.63, 3.8) is 0 Å². The highest BCUT2D eigenvalue weighted by molar-refractivity contribution is 7.92. The Morgan fingerprint density at radius 1 is 1.12 bits per heavy atom. The summed E-state index contributed by atoms with van der Waals surface area (Å²) in [6.07, 6.45) is 3.48. The first-order chi connectivity index (χ1) is 15.6. The number of hydrogen-bond donors (Lipinski definition) is 3. The number of piperidine rings is 1. The van der Waals surface area contributed by atoms with Gasteiger partial charge in [-0.05, 0) is 74.2 Å². The van der Waals surface area contributed by atoms with E-state index in [-0.39, 0.29) is 18.1 Å². The first-order valence-electron chi connectivity index (χ1n) is 10.7. The number of likely N-dealkylation sites (tertiary alicyclic amines) is 1. The molecule has 3 rings (SSSR count). The Labute approximate surface area is 193 Å². The van der Waals surface area contributed by atoms with Crippen molar-refractivity contribution in [2.45, 2.75) is 31.7 Å². The lowest BCUT2D eigenvalue weighted by atomic mass is 9.89. The van der Waals surface area contributed by atoms with Crippen molar-refractivity contribution in [1.29, 1.82) is 0 Å². The molecule has 8 nitrogen and oxygen atoms in total. The first-order valence-corrected chi connectivity index (χ1v) is 12.6. The van der Waals surface area contributed by atoms with Crippen molar-refractivity contribution in [2.75, 3.05) is 29.4 Å². The van der Waals surface area contributed by atoms with Gasteiger partial charge in [-0.1, -0.05) is 18.2 Å². The van der Waals surface area contributed by atoms with Gasteiger partial charge in [0, 0.05) is 5.69 Å². The average Bonchev–Trinajstić information content (AvgIpc) is 2.73. The minimum Gasteiger partial charge on any atom is -0.368 e. The third kappa shape index (κ3) is 7.83. The number of primary amides is 1. The molecular formula is C23H29FN4O4S. The zero-order valence-electron chi connectivity index (χ0n) is 18.5. The van der Waals surface area contributed by atoms with Gasteiger partial charge in [-0.3, -0.25) is 19.2 Å². The number of anilines is 2. The van der Waals surface area contributed by atoms with Gasteiger partial charge >= 0.3 is 0 Å². The molecule has 0 aromatic heterocycles. The minimum atomic E-state index is -3.44. The van der Waals surface area contributed by atoms with Crippen LogP contribution in [0.4, 0.5) is 15.8 Å². The van der Waals surface area contributed by atoms with Crippen molar-refractivity contribution in [2.24, 2.45) is 11.7 Å². The smallest absolute Gasteiger partial charge is 0.235 e. The van der Waals surface area contributed by atoms with Gasteiger partial charge in [0.15, 0.2) is 0 Å². The van der Waals surface area contributed by atoms with E-state index in [9.17, 15) is 22.4 Å². The number of hydrogen-bond acceptors (Lipinski definition) is 5. The number of nitrogens with one attached hydrogen (secondary N) is 2. The maximum absolute atomic E-state index is 13.1. The molecule has 1 heterocycles. The summed E-state index contributed by atoms with van der Waals surface area (Å²) in [4.78, 5) is 26.6. The molecule has 1 saturated heterocycles. The fourth-order valence-electron chi connectivity index (χ4n) is 4.09. The van der Waals surface area contributed by atoms with Gasteiger partial charge in [0.25, 0.3) is 0 Å². The minimum absolute atomic E-state index is 0.0955. The highest BCUT2D eigenvalue weighted by Gasteiger charge is 2.30. The quantitative estimate of drug-likeness (QED) is 0.513. The van der Waals surface area contributed by atoms with Crippen LogP contribution < -0.4 is 15.8 Å². The van der Waals surface area contributed by atoms with E-state index >= 15 is 0 Å². The van der Waals surface area contributed by atoms with E-state index in [0.29, 0.717) is 30.4 Å². The van der Waals surface area contributed by atoms with Crippen LogP contribution in [0.2, 0.25) is 0 Å². The standard InChI is InChI=1S/C23H29FN4O4S/c1-33(31,32)27-20-4-2-3-19(14-20)26-22(29)15-21(23(25)30)28-11-9-17(10-12-28)13-16-5-7-18(24)8-6-16/h2-8,14,17,21,27H,9-13,15H2,1H3,(H2,25,30)(H,26,29). The topological polar surface area (TPSA) is 122 Å². The highest BCUT2D eigenvalue weighted by Crippen LogP contribution is 2.24. The number of nitrogens with zero attached hydrogens (tertiary/aromatic N) is 1. The van der Waals surface area contributed by atoms with Crippen LogP contribution in [0.3, 0.4) is 0 Å². The predicted molar refractivity (Wildman–Crippen MR) is 126 cm³/mol. The lowest BCUT2D eigenvalue weighted by Crippen LogP contribution is -2.49. The zero-order valence-corrected chi connectivity index (χ0v) is 19.3. The van der Waals surface area contributed by atoms with Gasteiger partial charge < -0.3 is 11.1 Å². The van der Waals surface area contributed by atoms with Crippen molar-refractivity contribution in [3.8, 4) is 0 Å². The zero-order chi connectivity index (χ0) is 24.0. The van der Waals surface area contributed by atoms with E-state index in [1.54, 1.807) is 30.3 Å². The van der Waals surface area contributed by atoms with E-state index in [4.69, 9.17) is 5.73 Å². The van der Waals surface area contributed by atoms with Crippen LogP contribution in [-0.4, -0.2) is 50.5 Å². The SMILES string of the molecule is CS(=O)(=O)Nc1cccc(NC(=O)CC(C(N)=O)N2CCC(Cc3ccc(F)cc3)CC2)c1. The average molecular weight is 477 g/mol. The summed E-state index contributed by atoms with van der Waals surface area (Å²) in [5, 5.41) is 2.70. The molecule has 0 bridgehead atoms. The summed E-state index contributed by atoms with van der Waals surface area (Å²) in [7, 11) is -3.44. The van der Waals surface area contributed by atoms with Crippen LogP contribution in [0.1, 0.15) is 24.8 Å². The first kappa shape index (κ1) is 24.7. The normalized spacial score (nSPS) is 16.2. The van der Waals surface area contributed by atoms with Gasteiger partial charge in [-0.15, -0.1) is 0 Å². The van der Waals surface area contributed by atoms with E-state index in [0.717, 1.165) is 31.1 Å². The molecule has 0 spiro atoms. The monoisotopic (exact) mass is 476 g/mol. The van der Waals surface area contributed by atoms with Crippen molar-refractivity contribution in [3.05, 3.63) is 59.9 Å². The van der Waals surface area contributed by atoms with Crippen molar-refractivity contribution in [1.82, 2.24) is 4.90 Å². The summed E-state index contributed by atoms with van der Waals surface area (Å²) in [5.41, 5.74) is 7.42. The molecule has 1 aliphatic heterocycles. The molecule has 178 valence electrons. The number of carbonyl (C=O) groups excluding carboxylic acids is 2. The van der Waals surface area contributed by atoms with Crippen molar-refractivity contribution >= 4 is 33.2 Å². The largest absolute Gasteiger partial charge is 0.368 e. The number of halogens is 1. The molecule has 4 N–H and O–H groups in total. The summed E-state index contributed by atoms with van der Waals surface area (Å²) in [5.74, 6) is -0.785. The Morgan fingerprint density at radius 3 is 2.36 bits per heavy atom. The number of rotatable bonds is 9. The van der Waals surface area contributed by atoms with Crippen LogP contribution in [0.5, 0.6) is 0 Å². The molecule has 0 radical (unpaired) electrons. The lowest BCUT2D eigenvalue weighted by molar-refractivity contribution is -0.128. The molecule has 1 unspecified atom stereocenters. The summed E-state index contributed by atoms with van der Waals surface area (Å²) in [6.45, 7) is 1.28. The molecular weight excluding hydrogens is 447 g/mol. The maximum Gasteiger partial charge on any atom is 0.235 e. The fourth-order valence-corrected chi connectivity index (χ4v) is 4.65. The van der Waals surface area contributed by atoms with E-state index in [1.807, 2.05) is 4.90 Å². The Balaban J connectivity index is 1.54. The van der Waals surface area contributed by atoms with Crippen LogP contribution in [0.25, 0.3) is 0 Å². The molecule has 0 saturated carbocycles. The fraction of sp³-hybridized carbons (Fsp3) is 0.391. The third-order valence-corrected chi connectivity index (χ3v) is 6.29. The Kier molecular flexibility index (Phi) is 8.04. The van der Waals surface area contributed by atoms with Gasteiger partial charge in [0.2, 0.25) is 21.8 Å². The molecule has 0 aliphatic carbocycles. The molecule has 1 aliphatic rings. The number of carbonyl (C=O) groups is 2. The number of amides is 2. The molecule has 33 heavy (non-hydrogen) atoms. The number of benzene rings is 2. The molecule has 2 amide bonds. The van der Waals surface area contributed by atoms with Gasteiger partial charge in [-0.25, -0.2) is 12.8 Å². The summed E-state index contributed by atoms with van der Waals surface area (Å²) < 4.78 is 38.2. The molecule has 1 atom stereocenters. The van der Waals surface area contributed by atoms with E-state index in [1.165, 1.54) is 18.2 Å². The molecule has 2 aromatic carbocycles. The second-order valence-electron chi connectivity index (χ2n) is 8.44. The van der Waals surface area contributed by atoms with Crippen LogP contribution >= 0.6 is 0 Å². The predicted octanol–water partition coefficient (Wildman–Crippen LogP) is 2.33. The Morgan fingerprint density at radius 2 is 1.76 bits per heavy atom. The van der Waals surface area contributed by atoms with Crippen LogP contribution in [0.15, 0.2) is 48.5 Å². The number of sulfonamides is 1. The molecule has 10 heteroatoms. The second-order valence-corrected chi connectivity index (χ2v) is 10.2. The highest BCUT2D eigenvalue weighted by atomic mass is 32.2. The number of nitrogens with two attached hydrogens (primary N) is 1. The van der Waals surface area contributed by atoms with Crippen LogP contribution in [-0.2, 0) is 26.0 Å². The van der Waals surface area contributed by atoms with Gasteiger partial charge in [-0.2, -0.15) is 0 Å². The van der Waals surface area contributed by atoms with E-state index in [2.05, 4.69) is 10.0 Å². The summed E-state index contributed by atoms with van der Waals surface area (Å²) in [6, 6.07) is 12.1. The summed E-state index contributed by atoms with van der Waals surface area (Å²) >= 11 is 0. The lowest BCUT2D eigenvalue weighted by Gasteiger charge is -2.36. The maximum atomic E-state index is 13.1. The Bertz CT molecular complexity index is 1080. The van der Waals surface area contributed by atoms with Gasteiger partial charge in [0.05, 0.1) is 24.4 Å². The molecule has 1 fully saturated rings. The third-order valence-electron chi connectivity index (χ3n) is 5.68. The Hall–Kier alpha value is -2.98. The molecule has 2 aromatic rings. The van der Waals surface area contributed by atoms with Gasteiger partial charge in [0.1, 0.15) is 5.82 Å². The van der Waals surface area contributed by atoms with E-state index < -0.39 is 22.0 Å². The second kappa shape index (κ2) is 10.8. The van der Waals surface area contributed by atoms with Crippen LogP contribution in [0, 0.1) is 11.7 Å². The van der Waals surface area contributed by atoms with Crippen molar-refractivity contribution < 1.29 is 22.4 Å².